The fourth-order valence-electron chi connectivity index (χ4n) is 5.16. The highest BCUT2D eigenvalue weighted by atomic mass is 35.5. The minimum absolute atomic E-state index is 0.0516. The van der Waals surface area contributed by atoms with Gasteiger partial charge >= 0.3 is 0 Å². The van der Waals surface area contributed by atoms with Crippen LogP contribution in [-0.4, -0.2) is 33.1 Å². The summed E-state index contributed by atoms with van der Waals surface area (Å²) in [7, 11) is 0. The number of hydrogen-bond donors (Lipinski definition) is 3. The Morgan fingerprint density at radius 3 is 2.56 bits per heavy atom. The van der Waals surface area contributed by atoms with Crippen molar-refractivity contribution in [3.8, 4) is 6.07 Å². The van der Waals surface area contributed by atoms with Crippen LogP contribution in [0.25, 0.3) is 10.9 Å². The van der Waals surface area contributed by atoms with E-state index >= 15 is 0 Å². The third-order valence-corrected chi connectivity index (χ3v) is 8.58. The maximum absolute atomic E-state index is 13.8. The van der Waals surface area contributed by atoms with E-state index in [2.05, 4.69) is 37.3 Å². The Kier molecular flexibility index (Phi) is 8.57. The number of aromatic nitrogens is 4. The Morgan fingerprint density at radius 1 is 1.00 bits per heavy atom. The number of anilines is 3. The fraction of sp³-hybridized carbons (Fsp3) is 0.200. The molecule has 1 saturated heterocycles. The summed E-state index contributed by atoms with van der Waals surface area (Å²) >= 11 is 25.3. The van der Waals surface area contributed by atoms with Gasteiger partial charge in [0.05, 0.1) is 55.8 Å². The largest absolute Gasteiger partial charge is 0.371 e. The summed E-state index contributed by atoms with van der Waals surface area (Å²) in [6, 6.07) is 15.0. The first-order valence-electron chi connectivity index (χ1n) is 13.4. The first-order valence-corrected chi connectivity index (χ1v) is 14.9. The van der Waals surface area contributed by atoms with Crippen LogP contribution >= 0.6 is 46.4 Å². The van der Waals surface area contributed by atoms with Crippen LogP contribution in [0.4, 0.5) is 21.5 Å². The van der Waals surface area contributed by atoms with E-state index in [1.54, 1.807) is 24.3 Å². The molecule has 0 aliphatic carbocycles. The highest BCUT2D eigenvalue weighted by molar-refractivity contribution is 6.42. The molecule has 2 aromatic heterocycles. The summed E-state index contributed by atoms with van der Waals surface area (Å²) in [6.07, 6.45) is 5.31. The highest BCUT2D eigenvalue weighted by Crippen LogP contribution is 2.38. The predicted octanol–water partition coefficient (Wildman–Crippen LogP) is 8.32. The lowest BCUT2D eigenvalue weighted by Crippen LogP contribution is -2.29. The quantitative estimate of drug-likeness (QED) is 0.162. The van der Waals surface area contributed by atoms with Crippen molar-refractivity contribution < 1.29 is 4.39 Å². The summed E-state index contributed by atoms with van der Waals surface area (Å²) in [5.74, 6) is -0.549. The molecular weight excluding hydrogens is 633 g/mol. The standard InChI is InChI=1S/C30H23Cl4FN8/c31-18-10-21-28(39-19-2-4-25(35)24(34)12-19)17(13-36)14-38-30(21)26(11-18)40-29(16-1-3-22(32)23(33)9-16)27-15-43(42-41-27)20-5-7-37-8-6-20/h1-4,9-12,14-15,20,29,37,40H,5-8H2,(H,38,39). The SMILES string of the molecule is N#Cc1cnc2c(NC(c3ccc(Cl)c(Cl)c3)c3cn(C4CCNCC4)nn3)cc(Cl)cc2c1Nc1ccc(F)c(Cl)c1. The summed E-state index contributed by atoms with van der Waals surface area (Å²) in [4.78, 5) is 4.61. The Balaban J connectivity index is 1.45. The number of nitrogens with zero attached hydrogens (tertiary/aromatic N) is 5. The highest BCUT2D eigenvalue weighted by Gasteiger charge is 2.24. The van der Waals surface area contributed by atoms with E-state index < -0.39 is 11.9 Å². The van der Waals surface area contributed by atoms with Gasteiger partial charge in [-0.25, -0.2) is 9.07 Å². The van der Waals surface area contributed by atoms with Crippen LogP contribution in [0.3, 0.4) is 0 Å². The van der Waals surface area contributed by atoms with Gasteiger partial charge in [0.2, 0.25) is 0 Å². The molecule has 1 atom stereocenters. The molecule has 3 heterocycles. The zero-order chi connectivity index (χ0) is 30.1. The van der Waals surface area contributed by atoms with Gasteiger partial charge in [0, 0.05) is 22.3 Å². The van der Waals surface area contributed by atoms with Crippen molar-refractivity contribution in [2.75, 3.05) is 23.7 Å². The Hall–Kier alpha value is -3.65. The molecule has 0 saturated carbocycles. The lowest BCUT2D eigenvalue weighted by atomic mass is 10.0. The van der Waals surface area contributed by atoms with Gasteiger partial charge in [-0.05, 0) is 74.0 Å². The smallest absolute Gasteiger partial charge is 0.141 e. The second-order valence-corrected chi connectivity index (χ2v) is 11.8. The molecule has 1 unspecified atom stereocenters. The molecular formula is C30H23Cl4FN8. The molecule has 5 aromatic rings. The molecule has 8 nitrogen and oxygen atoms in total. The van der Waals surface area contributed by atoms with Crippen LogP contribution in [0.1, 0.15) is 41.7 Å². The monoisotopic (exact) mass is 654 g/mol. The fourth-order valence-corrected chi connectivity index (χ4v) is 5.87. The minimum atomic E-state index is -0.549. The van der Waals surface area contributed by atoms with Crippen molar-refractivity contribution in [1.82, 2.24) is 25.3 Å². The van der Waals surface area contributed by atoms with E-state index in [-0.39, 0.29) is 16.6 Å². The number of nitrogens with one attached hydrogen (secondary N) is 3. The Morgan fingerprint density at radius 2 is 1.81 bits per heavy atom. The summed E-state index contributed by atoms with van der Waals surface area (Å²) in [6.45, 7) is 1.83. The number of benzene rings is 3. The van der Waals surface area contributed by atoms with Crippen molar-refractivity contribution in [2.45, 2.75) is 24.9 Å². The van der Waals surface area contributed by atoms with E-state index in [0.717, 1.165) is 31.5 Å². The molecule has 0 spiro atoms. The lowest BCUT2D eigenvalue weighted by Gasteiger charge is -2.23. The van der Waals surface area contributed by atoms with Crippen molar-refractivity contribution in [3.05, 3.63) is 104 Å². The first kappa shape index (κ1) is 29.4. The Labute approximate surface area is 266 Å². The Bertz CT molecular complexity index is 1870. The van der Waals surface area contributed by atoms with Crippen molar-refractivity contribution >= 4 is 74.4 Å². The van der Waals surface area contributed by atoms with Crippen LogP contribution in [0, 0.1) is 17.1 Å². The molecule has 218 valence electrons. The lowest BCUT2D eigenvalue weighted by molar-refractivity contribution is 0.337. The molecule has 1 aliphatic rings. The minimum Gasteiger partial charge on any atom is -0.371 e. The van der Waals surface area contributed by atoms with Crippen LogP contribution in [0.5, 0.6) is 0 Å². The van der Waals surface area contributed by atoms with Gasteiger partial charge in [-0.3, -0.25) is 4.98 Å². The van der Waals surface area contributed by atoms with Crippen molar-refractivity contribution in [3.63, 3.8) is 0 Å². The number of pyridine rings is 1. The second kappa shape index (κ2) is 12.5. The number of halogens is 5. The first-order chi connectivity index (χ1) is 20.8. The van der Waals surface area contributed by atoms with Crippen molar-refractivity contribution in [1.29, 1.82) is 5.26 Å². The molecule has 13 heteroatoms. The van der Waals surface area contributed by atoms with Crippen LogP contribution in [-0.2, 0) is 0 Å². The second-order valence-electron chi connectivity index (χ2n) is 10.1. The molecule has 1 aliphatic heterocycles. The maximum Gasteiger partial charge on any atom is 0.141 e. The molecule has 3 aromatic carbocycles. The topological polar surface area (TPSA) is 103 Å². The van der Waals surface area contributed by atoms with Gasteiger partial charge in [0.1, 0.15) is 17.6 Å². The summed E-state index contributed by atoms with van der Waals surface area (Å²) < 4.78 is 15.7. The van der Waals surface area contributed by atoms with Crippen molar-refractivity contribution in [2.24, 2.45) is 0 Å². The van der Waals surface area contributed by atoms with Crippen LogP contribution in [0.2, 0.25) is 20.1 Å². The van der Waals surface area contributed by atoms with E-state index in [1.807, 2.05) is 16.9 Å². The summed E-state index contributed by atoms with van der Waals surface area (Å²) in [5, 5.41) is 30.7. The van der Waals surface area contributed by atoms with Gasteiger partial charge in [-0.1, -0.05) is 57.7 Å². The average Bonchev–Trinajstić information content (AvgIpc) is 3.50. The predicted molar refractivity (Wildman–Crippen MR) is 169 cm³/mol. The van der Waals surface area contributed by atoms with Gasteiger partial charge in [0.15, 0.2) is 0 Å². The zero-order valence-corrected chi connectivity index (χ0v) is 25.4. The van der Waals surface area contributed by atoms with Gasteiger partial charge in [-0.2, -0.15) is 5.26 Å². The van der Waals surface area contributed by atoms with Gasteiger partial charge in [0.25, 0.3) is 0 Å². The number of nitriles is 1. The number of rotatable bonds is 7. The average molecular weight is 656 g/mol. The van der Waals surface area contributed by atoms with E-state index in [9.17, 15) is 9.65 Å². The molecule has 6 rings (SSSR count). The normalized spacial score (nSPS) is 14.4. The van der Waals surface area contributed by atoms with Crippen LogP contribution < -0.4 is 16.0 Å². The number of fused-ring (bicyclic) bond motifs is 1. The molecule has 3 N–H and O–H groups in total. The van der Waals surface area contributed by atoms with E-state index in [0.29, 0.717) is 48.7 Å². The van der Waals surface area contributed by atoms with Gasteiger partial charge in [-0.15, -0.1) is 5.10 Å². The summed E-state index contributed by atoms with van der Waals surface area (Å²) in [5.41, 5.74) is 3.80. The molecule has 0 amide bonds. The third-order valence-electron chi connectivity index (χ3n) is 7.33. The molecule has 0 bridgehead atoms. The van der Waals surface area contributed by atoms with E-state index in [4.69, 9.17) is 46.4 Å². The zero-order valence-electron chi connectivity index (χ0n) is 22.4. The number of hydrogen-bond acceptors (Lipinski definition) is 7. The maximum atomic E-state index is 13.8. The van der Waals surface area contributed by atoms with Crippen LogP contribution in [0.15, 0.2) is 60.9 Å². The van der Waals surface area contributed by atoms with E-state index in [1.165, 1.54) is 24.4 Å². The third kappa shape index (κ3) is 6.21. The molecule has 0 radical (unpaired) electrons. The van der Waals surface area contributed by atoms with Gasteiger partial charge < -0.3 is 16.0 Å². The molecule has 43 heavy (non-hydrogen) atoms. The molecule has 1 fully saturated rings. The number of piperidine rings is 1.